The van der Waals surface area contributed by atoms with Crippen molar-refractivity contribution in [2.45, 2.75) is 19.0 Å². The fraction of sp³-hybridized carbons (Fsp3) is 0.211. The van der Waals surface area contributed by atoms with E-state index < -0.39 is 17.9 Å². The van der Waals surface area contributed by atoms with E-state index >= 15 is 0 Å². The first kappa shape index (κ1) is 22.1. The Morgan fingerprint density at radius 1 is 1.20 bits per heavy atom. The van der Waals surface area contributed by atoms with Gasteiger partial charge in [0.25, 0.3) is 5.91 Å². The van der Waals surface area contributed by atoms with Crippen molar-refractivity contribution in [3.8, 4) is 0 Å². The zero-order chi connectivity index (χ0) is 21.7. The number of amides is 3. The number of aromatic nitrogens is 1. The smallest absolute Gasteiger partial charge is 0.334 e. The van der Waals surface area contributed by atoms with Gasteiger partial charge in [-0.3, -0.25) is 10.1 Å². The number of benzene rings is 1. The Balaban J connectivity index is 1.54. The minimum atomic E-state index is -3.64. The molecular weight excluding hydrogens is 454 g/mol. The summed E-state index contributed by atoms with van der Waals surface area (Å²) in [6.45, 7) is 0.196. The van der Waals surface area contributed by atoms with Gasteiger partial charge in [-0.25, -0.2) is 9.78 Å². The van der Waals surface area contributed by atoms with Gasteiger partial charge < -0.3 is 10.2 Å². The van der Waals surface area contributed by atoms with Gasteiger partial charge in [-0.2, -0.15) is 8.78 Å². The quantitative estimate of drug-likeness (QED) is 0.514. The minimum absolute atomic E-state index is 0.116. The van der Waals surface area contributed by atoms with Crippen molar-refractivity contribution in [1.82, 2.24) is 15.2 Å². The van der Waals surface area contributed by atoms with Gasteiger partial charge in [-0.1, -0.05) is 41.9 Å². The van der Waals surface area contributed by atoms with Crippen LogP contribution in [-0.4, -0.2) is 28.9 Å². The Morgan fingerprint density at radius 2 is 1.93 bits per heavy atom. The number of halogens is 3. The molecule has 0 aliphatic rings. The van der Waals surface area contributed by atoms with Crippen molar-refractivity contribution in [3.05, 3.63) is 68.3 Å². The first-order chi connectivity index (χ1) is 14.3. The van der Waals surface area contributed by atoms with E-state index in [-0.39, 0.29) is 12.1 Å². The van der Waals surface area contributed by atoms with Crippen LogP contribution in [0.15, 0.2) is 47.8 Å². The summed E-state index contributed by atoms with van der Waals surface area (Å²) < 4.78 is 29.5. The molecule has 0 aliphatic carbocycles. The number of carbonyl (C=O) groups is 2. The van der Waals surface area contributed by atoms with Crippen molar-refractivity contribution in [2.24, 2.45) is 0 Å². The van der Waals surface area contributed by atoms with Gasteiger partial charge in [0.15, 0.2) is 5.13 Å². The first-order valence-corrected chi connectivity index (χ1v) is 10.8. The summed E-state index contributed by atoms with van der Waals surface area (Å²) >= 11 is 8.34. The van der Waals surface area contributed by atoms with E-state index in [4.69, 9.17) is 11.6 Å². The second kappa shape index (κ2) is 9.50. The Kier molecular flexibility index (Phi) is 7.01. The first-order valence-electron chi connectivity index (χ1n) is 8.68. The molecule has 3 amide bonds. The number of nitrogens with one attached hydrogen (secondary N) is 2. The highest BCUT2D eigenvalue weighted by Crippen LogP contribution is 2.30. The van der Waals surface area contributed by atoms with Crippen molar-refractivity contribution in [3.63, 3.8) is 0 Å². The summed E-state index contributed by atoms with van der Waals surface area (Å²) in [4.78, 5) is 30.2. The molecular formula is C19H17ClF2N4O2S2. The number of anilines is 1. The van der Waals surface area contributed by atoms with Crippen LogP contribution < -0.4 is 10.6 Å². The number of alkyl halides is 2. The lowest BCUT2D eigenvalue weighted by Crippen LogP contribution is -2.39. The van der Waals surface area contributed by atoms with Gasteiger partial charge >= 0.3 is 12.0 Å². The number of nitrogens with zero attached hydrogens (tertiary/aromatic N) is 2. The lowest BCUT2D eigenvalue weighted by molar-refractivity contribution is -0.158. The van der Waals surface area contributed by atoms with E-state index in [9.17, 15) is 18.4 Å². The van der Waals surface area contributed by atoms with Crippen LogP contribution in [0, 0.1) is 0 Å². The normalized spacial score (nSPS) is 11.2. The molecule has 0 unspecified atom stereocenters. The third-order valence-corrected chi connectivity index (χ3v) is 6.01. The van der Waals surface area contributed by atoms with Crippen LogP contribution in [-0.2, 0) is 23.8 Å². The molecule has 2 aromatic heterocycles. The molecule has 2 heterocycles. The van der Waals surface area contributed by atoms with Crippen LogP contribution in [0.4, 0.5) is 18.7 Å². The van der Waals surface area contributed by atoms with Crippen LogP contribution in [0.5, 0.6) is 0 Å². The molecule has 1 aromatic carbocycles. The maximum absolute atomic E-state index is 14.4. The molecule has 3 rings (SSSR count). The Bertz CT molecular complexity index is 1030. The highest BCUT2D eigenvalue weighted by molar-refractivity contribution is 7.16. The molecule has 30 heavy (non-hydrogen) atoms. The molecule has 3 aromatic rings. The molecule has 0 radical (unpaired) electrons. The monoisotopic (exact) mass is 470 g/mol. The van der Waals surface area contributed by atoms with Gasteiger partial charge in [0.2, 0.25) is 0 Å². The highest BCUT2D eigenvalue weighted by Gasteiger charge is 2.42. The van der Waals surface area contributed by atoms with E-state index in [0.29, 0.717) is 21.7 Å². The number of hydrogen-bond acceptors (Lipinski definition) is 5. The average Bonchev–Trinajstić information content (AvgIpc) is 3.34. The van der Waals surface area contributed by atoms with Gasteiger partial charge in [0, 0.05) is 22.9 Å². The summed E-state index contributed by atoms with van der Waals surface area (Å²) in [6.07, 6.45) is 0. The minimum Gasteiger partial charge on any atom is -0.334 e. The molecule has 0 bridgehead atoms. The Morgan fingerprint density at radius 3 is 2.60 bits per heavy atom. The largest absolute Gasteiger partial charge is 0.349 e. The summed E-state index contributed by atoms with van der Waals surface area (Å²) in [5.74, 6) is -4.97. The molecule has 0 fully saturated rings. The fourth-order valence-corrected chi connectivity index (χ4v) is 4.24. The molecule has 2 N–H and O–H groups in total. The number of thiophene rings is 1. The number of carbonyl (C=O) groups excluding carboxylic acids is 2. The number of hydrogen-bond donors (Lipinski definition) is 2. The van der Waals surface area contributed by atoms with Crippen LogP contribution in [0.3, 0.4) is 0 Å². The summed E-state index contributed by atoms with van der Waals surface area (Å²) in [5, 5.41) is 7.14. The zero-order valence-electron chi connectivity index (χ0n) is 15.7. The maximum atomic E-state index is 14.4. The van der Waals surface area contributed by atoms with Crippen molar-refractivity contribution < 1.29 is 18.4 Å². The van der Waals surface area contributed by atoms with E-state index in [1.807, 2.05) is 6.07 Å². The van der Waals surface area contributed by atoms with Crippen molar-refractivity contribution >= 4 is 51.3 Å². The lowest BCUT2D eigenvalue weighted by atomic mass is 10.1. The van der Waals surface area contributed by atoms with Crippen LogP contribution in [0.25, 0.3) is 0 Å². The van der Waals surface area contributed by atoms with Crippen LogP contribution >= 0.6 is 34.3 Å². The summed E-state index contributed by atoms with van der Waals surface area (Å²) in [6, 6.07) is 10.0. The number of urea groups is 1. The molecule has 0 spiro atoms. The molecule has 6 nitrogen and oxygen atoms in total. The predicted octanol–water partition coefficient (Wildman–Crippen LogP) is 4.93. The van der Waals surface area contributed by atoms with Crippen LogP contribution in [0.2, 0.25) is 4.34 Å². The third kappa shape index (κ3) is 5.53. The second-order valence-corrected chi connectivity index (χ2v) is 8.92. The number of likely N-dealkylation sites (N-methyl/N-ethyl adjacent to an activating group) is 1. The SMILES string of the molecule is CN(Cc1csc(NC(=O)NCc2ccc(Cl)s2)n1)C(=O)C(F)(F)c1ccccc1. The molecule has 158 valence electrons. The Hall–Kier alpha value is -2.56. The van der Waals surface area contributed by atoms with E-state index in [0.717, 1.165) is 21.1 Å². The standard InChI is InChI=1S/C19H17ClF2N4O2S2/c1-26(16(27)19(21,22)12-5-3-2-4-6-12)10-13-11-29-18(24-13)25-17(28)23-9-14-7-8-15(20)30-14/h2-8,11H,9-10H2,1H3,(H2,23,24,25,28). The lowest BCUT2D eigenvalue weighted by Gasteiger charge is -2.23. The van der Waals surface area contributed by atoms with Gasteiger partial charge in [0.1, 0.15) is 0 Å². The molecule has 0 saturated heterocycles. The summed E-state index contributed by atoms with van der Waals surface area (Å²) in [5.41, 5.74) is 0.0197. The average molecular weight is 471 g/mol. The van der Waals surface area contributed by atoms with Crippen LogP contribution in [0.1, 0.15) is 16.1 Å². The maximum Gasteiger partial charge on any atom is 0.349 e. The molecule has 0 atom stereocenters. The van der Waals surface area contributed by atoms with Crippen molar-refractivity contribution in [2.75, 3.05) is 12.4 Å². The Labute approximate surface area is 184 Å². The van der Waals surface area contributed by atoms with E-state index in [1.54, 1.807) is 17.5 Å². The molecule has 0 aliphatic heterocycles. The number of rotatable bonds is 7. The van der Waals surface area contributed by atoms with Gasteiger partial charge in [-0.05, 0) is 12.1 Å². The second-order valence-electron chi connectivity index (χ2n) is 6.26. The predicted molar refractivity (Wildman–Crippen MR) is 114 cm³/mol. The molecule has 0 saturated carbocycles. The third-order valence-electron chi connectivity index (χ3n) is 3.98. The summed E-state index contributed by atoms with van der Waals surface area (Å²) in [7, 11) is 1.28. The number of thiazole rings is 1. The van der Waals surface area contributed by atoms with E-state index in [1.165, 1.54) is 42.6 Å². The topological polar surface area (TPSA) is 74.3 Å². The van der Waals surface area contributed by atoms with Gasteiger partial charge in [-0.15, -0.1) is 22.7 Å². The highest BCUT2D eigenvalue weighted by atomic mass is 35.5. The fourth-order valence-electron chi connectivity index (χ4n) is 2.52. The zero-order valence-corrected chi connectivity index (χ0v) is 18.1. The molecule has 11 heteroatoms. The van der Waals surface area contributed by atoms with E-state index in [2.05, 4.69) is 15.6 Å². The van der Waals surface area contributed by atoms with Crippen molar-refractivity contribution in [1.29, 1.82) is 0 Å². The van der Waals surface area contributed by atoms with Gasteiger partial charge in [0.05, 0.1) is 23.1 Å².